The van der Waals surface area contributed by atoms with Gasteiger partial charge in [0.1, 0.15) is 0 Å². The fourth-order valence-corrected chi connectivity index (χ4v) is 2.08. The molecule has 1 saturated heterocycles. The standard InChI is InChI=1S/C12H23N3O3/c1-2-3-6-13-12(18)14-11(17)8-15-7-4-5-10(15)9-16/h10,16H,2-9H2,1H3,(H2,13,14,17,18)/t10-/m0/s1. The van der Waals surface area contributed by atoms with E-state index in [-0.39, 0.29) is 25.1 Å². The first-order valence-electron chi connectivity index (χ1n) is 6.60. The van der Waals surface area contributed by atoms with Crippen LogP contribution in [0.1, 0.15) is 32.6 Å². The summed E-state index contributed by atoms with van der Waals surface area (Å²) in [6, 6.07) is -0.382. The number of hydrogen-bond acceptors (Lipinski definition) is 4. The van der Waals surface area contributed by atoms with E-state index in [9.17, 15) is 9.59 Å². The van der Waals surface area contributed by atoms with Crippen molar-refractivity contribution in [3.63, 3.8) is 0 Å². The summed E-state index contributed by atoms with van der Waals surface area (Å²) in [5.74, 6) is -0.315. The lowest BCUT2D eigenvalue weighted by Crippen LogP contribution is -2.46. The molecule has 6 nitrogen and oxygen atoms in total. The third-order valence-electron chi connectivity index (χ3n) is 3.13. The molecule has 1 aliphatic heterocycles. The van der Waals surface area contributed by atoms with E-state index in [1.807, 2.05) is 11.8 Å². The van der Waals surface area contributed by atoms with Crippen molar-refractivity contribution >= 4 is 11.9 Å². The number of unbranched alkanes of at least 4 members (excludes halogenated alkanes) is 1. The molecule has 0 unspecified atom stereocenters. The lowest BCUT2D eigenvalue weighted by atomic mass is 10.2. The van der Waals surface area contributed by atoms with Gasteiger partial charge >= 0.3 is 6.03 Å². The summed E-state index contributed by atoms with van der Waals surface area (Å²) in [7, 11) is 0. The zero-order chi connectivity index (χ0) is 13.4. The van der Waals surface area contributed by atoms with Crippen LogP contribution in [0.3, 0.4) is 0 Å². The SMILES string of the molecule is CCCCNC(=O)NC(=O)CN1CCC[C@H]1CO. The molecule has 0 aromatic carbocycles. The molecule has 6 heteroatoms. The minimum atomic E-state index is -0.437. The van der Waals surface area contributed by atoms with Gasteiger partial charge in [0.05, 0.1) is 13.2 Å². The average molecular weight is 257 g/mol. The van der Waals surface area contributed by atoms with Gasteiger partial charge in [-0.3, -0.25) is 15.0 Å². The van der Waals surface area contributed by atoms with Gasteiger partial charge < -0.3 is 10.4 Å². The lowest BCUT2D eigenvalue weighted by Gasteiger charge is -2.21. The van der Waals surface area contributed by atoms with Gasteiger partial charge in [0, 0.05) is 12.6 Å². The summed E-state index contributed by atoms with van der Waals surface area (Å²) in [6.07, 6.45) is 3.80. The molecule has 0 spiro atoms. The molecule has 0 aromatic heterocycles. The largest absolute Gasteiger partial charge is 0.395 e. The van der Waals surface area contributed by atoms with Crippen LogP contribution in [0, 0.1) is 0 Å². The second-order valence-electron chi connectivity index (χ2n) is 4.61. The van der Waals surface area contributed by atoms with Gasteiger partial charge in [-0.15, -0.1) is 0 Å². The van der Waals surface area contributed by atoms with Gasteiger partial charge in [0.25, 0.3) is 0 Å². The van der Waals surface area contributed by atoms with Crippen LogP contribution in [-0.4, -0.2) is 54.2 Å². The monoisotopic (exact) mass is 257 g/mol. The van der Waals surface area contributed by atoms with Crippen LogP contribution in [-0.2, 0) is 4.79 Å². The summed E-state index contributed by atoms with van der Waals surface area (Å²) in [5, 5.41) is 14.0. The zero-order valence-corrected chi connectivity index (χ0v) is 10.9. The normalized spacial score (nSPS) is 19.8. The molecule has 3 N–H and O–H groups in total. The van der Waals surface area contributed by atoms with Crippen molar-refractivity contribution in [3.05, 3.63) is 0 Å². The molecule has 1 fully saturated rings. The van der Waals surface area contributed by atoms with Gasteiger partial charge in [0.2, 0.25) is 5.91 Å². The van der Waals surface area contributed by atoms with E-state index in [1.54, 1.807) is 0 Å². The number of nitrogens with one attached hydrogen (secondary N) is 2. The van der Waals surface area contributed by atoms with Crippen LogP contribution in [0.2, 0.25) is 0 Å². The highest BCUT2D eigenvalue weighted by atomic mass is 16.3. The topological polar surface area (TPSA) is 81.7 Å². The number of rotatable bonds is 6. The second-order valence-corrected chi connectivity index (χ2v) is 4.61. The number of nitrogens with zero attached hydrogens (tertiary/aromatic N) is 1. The van der Waals surface area contributed by atoms with Crippen LogP contribution in [0.25, 0.3) is 0 Å². The van der Waals surface area contributed by atoms with Crippen molar-refractivity contribution in [2.24, 2.45) is 0 Å². The molecule has 1 heterocycles. The predicted octanol–water partition coefficient (Wildman–Crippen LogP) is 0.0690. The molecule has 0 radical (unpaired) electrons. The number of amides is 3. The number of imide groups is 1. The fourth-order valence-electron chi connectivity index (χ4n) is 2.08. The maximum Gasteiger partial charge on any atom is 0.321 e. The minimum Gasteiger partial charge on any atom is -0.395 e. The third kappa shape index (κ3) is 5.01. The zero-order valence-electron chi connectivity index (χ0n) is 10.9. The maximum absolute atomic E-state index is 11.6. The Balaban J connectivity index is 2.22. The number of likely N-dealkylation sites (tertiary alicyclic amines) is 1. The third-order valence-corrected chi connectivity index (χ3v) is 3.13. The molecule has 0 saturated carbocycles. The Kier molecular flexibility index (Phi) is 6.67. The number of urea groups is 1. The highest BCUT2D eigenvalue weighted by Crippen LogP contribution is 2.15. The Bertz CT molecular complexity index is 284. The number of carbonyl (C=O) groups excluding carboxylic acids is 2. The van der Waals surface area contributed by atoms with Crippen molar-refractivity contribution in [2.75, 3.05) is 26.2 Å². The number of aliphatic hydroxyl groups excluding tert-OH is 1. The molecule has 1 aliphatic rings. The summed E-state index contributed by atoms with van der Waals surface area (Å²) in [5.41, 5.74) is 0. The smallest absolute Gasteiger partial charge is 0.321 e. The van der Waals surface area contributed by atoms with E-state index in [4.69, 9.17) is 5.11 Å². The Morgan fingerprint density at radius 1 is 1.44 bits per heavy atom. The van der Waals surface area contributed by atoms with Gasteiger partial charge in [-0.25, -0.2) is 4.79 Å². The molecule has 0 aliphatic carbocycles. The van der Waals surface area contributed by atoms with Crippen LogP contribution in [0.5, 0.6) is 0 Å². The van der Waals surface area contributed by atoms with Crippen molar-refractivity contribution in [1.29, 1.82) is 0 Å². The molecule has 3 amide bonds. The molecule has 0 aromatic rings. The maximum atomic E-state index is 11.6. The van der Waals surface area contributed by atoms with Crippen LogP contribution in [0.15, 0.2) is 0 Å². The van der Waals surface area contributed by atoms with Crippen LogP contribution < -0.4 is 10.6 Å². The molecule has 0 bridgehead atoms. The Morgan fingerprint density at radius 2 is 2.22 bits per heavy atom. The molecule has 18 heavy (non-hydrogen) atoms. The summed E-state index contributed by atoms with van der Waals surface area (Å²) in [6.45, 7) is 3.66. The first kappa shape index (κ1) is 14.9. The van der Waals surface area contributed by atoms with Gasteiger partial charge in [-0.05, 0) is 25.8 Å². The first-order chi connectivity index (χ1) is 8.67. The summed E-state index contributed by atoms with van der Waals surface area (Å²) >= 11 is 0. The van der Waals surface area contributed by atoms with Gasteiger partial charge in [-0.2, -0.15) is 0 Å². The number of carbonyl (C=O) groups is 2. The first-order valence-corrected chi connectivity index (χ1v) is 6.60. The van der Waals surface area contributed by atoms with Gasteiger partial charge in [-0.1, -0.05) is 13.3 Å². The van der Waals surface area contributed by atoms with Crippen LogP contribution >= 0.6 is 0 Å². The van der Waals surface area contributed by atoms with E-state index in [1.165, 1.54) is 0 Å². The molecule has 1 atom stereocenters. The molecule has 1 rings (SSSR count). The lowest BCUT2D eigenvalue weighted by molar-refractivity contribution is -0.121. The summed E-state index contributed by atoms with van der Waals surface area (Å²) in [4.78, 5) is 24.9. The summed E-state index contributed by atoms with van der Waals surface area (Å²) < 4.78 is 0. The van der Waals surface area contributed by atoms with Crippen molar-refractivity contribution < 1.29 is 14.7 Å². The molecule has 104 valence electrons. The van der Waals surface area contributed by atoms with Crippen molar-refractivity contribution in [2.45, 2.75) is 38.6 Å². The second kappa shape index (κ2) is 8.05. The van der Waals surface area contributed by atoms with E-state index >= 15 is 0 Å². The minimum absolute atomic E-state index is 0.0545. The van der Waals surface area contributed by atoms with E-state index in [2.05, 4.69) is 10.6 Å². The number of hydrogen-bond donors (Lipinski definition) is 3. The van der Waals surface area contributed by atoms with Crippen LogP contribution in [0.4, 0.5) is 4.79 Å². The van der Waals surface area contributed by atoms with Gasteiger partial charge in [0.15, 0.2) is 0 Å². The highest BCUT2D eigenvalue weighted by molar-refractivity contribution is 5.95. The van der Waals surface area contributed by atoms with E-state index in [0.29, 0.717) is 6.54 Å². The molecular weight excluding hydrogens is 234 g/mol. The van der Waals surface area contributed by atoms with E-state index in [0.717, 1.165) is 32.2 Å². The Labute approximate surface area is 108 Å². The predicted molar refractivity (Wildman–Crippen MR) is 68.1 cm³/mol. The van der Waals surface area contributed by atoms with Crippen molar-refractivity contribution in [1.82, 2.24) is 15.5 Å². The highest BCUT2D eigenvalue weighted by Gasteiger charge is 2.25. The quantitative estimate of drug-likeness (QED) is 0.588. The molecular formula is C12H23N3O3. The number of aliphatic hydroxyl groups is 1. The Hall–Kier alpha value is -1.14. The van der Waals surface area contributed by atoms with Crippen molar-refractivity contribution in [3.8, 4) is 0 Å². The Morgan fingerprint density at radius 3 is 2.89 bits per heavy atom. The van der Waals surface area contributed by atoms with E-state index < -0.39 is 6.03 Å². The average Bonchev–Trinajstić information content (AvgIpc) is 2.76. The fraction of sp³-hybridized carbons (Fsp3) is 0.833.